The molecule has 1 aromatic heterocycles. The highest BCUT2D eigenvalue weighted by molar-refractivity contribution is 5.88. The fraction of sp³-hybridized carbons (Fsp3) is 0.600. The number of carbonyl (C=O) groups excluding carboxylic acids is 1. The maximum Gasteiger partial charge on any atom is 0.419 e. The lowest BCUT2D eigenvalue weighted by Gasteiger charge is -2.45. The molecule has 6 nitrogen and oxygen atoms in total. The van der Waals surface area contributed by atoms with Gasteiger partial charge in [-0.2, -0.15) is 0 Å². The number of aromatic nitrogens is 1. The van der Waals surface area contributed by atoms with Crippen LogP contribution in [0.3, 0.4) is 0 Å². The van der Waals surface area contributed by atoms with Crippen LogP contribution in [-0.4, -0.2) is 51.5 Å². The van der Waals surface area contributed by atoms with Crippen LogP contribution in [0.25, 0.3) is 11.1 Å². The molecule has 1 amide bonds. The summed E-state index contributed by atoms with van der Waals surface area (Å²) >= 11 is 0. The zero-order valence-electron chi connectivity index (χ0n) is 15.0. The molecular weight excluding hydrogens is 330 g/mol. The Balaban J connectivity index is 1.38. The monoisotopic (exact) mass is 355 g/mol. The number of fused-ring (bicyclic) bond motifs is 1. The van der Waals surface area contributed by atoms with E-state index in [1.165, 1.54) is 0 Å². The number of carbonyl (C=O) groups is 1. The third-order valence-corrected chi connectivity index (χ3v) is 6.43. The maximum atomic E-state index is 13.3. The van der Waals surface area contributed by atoms with E-state index in [2.05, 4.69) is 9.80 Å². The average molecular weight is 355 g/mol. The highest BCUT2D eigenvalue weighted by Gasteiger charge is 2.52. The van der Waals surface area contributed by atoms with E-state index in [9.17, 15) is 9.59 Å². The topological polar surface area (TPSA) is 58.7 Å². The Morgan fingerprint density at radius 3 is 2.62 bits per heavy atom. The van der Waals surface area contributed by atoms with Crippen molar-refractivity contribution in [3.63, 3.8) is 0 Å². The normalized spacial score (nSPS) is 27.1. The van der Waals surface area contributed by atoms with Crippen LogP contribution < -0.4 is 5.76 Å². The van der Waals surface area contributed by atoms with E-state index in [1.54, 1.807) is 4.57 Å². The van der Waals surface area contributed by atoms with Crippen LogP contribution in [0.15, 0.2) is 33.5 Å². The predicted molar refractivity (Wildman–Crippen MR) is 98.0 cm³/mol. The molecule has 1 spiro atoms. The smallest absolute Gasteiger partial charge is 0.408 e. The summed E-state index contributed by atoms with van der Waals surface area (Å²) in [5.41, 5.74) is 1.13. The highest BCUT2D eigenvalue weighted by Crippen LogP contribution is 2.41. The molecule has 2 aliphatic heterocycles. The van der Waals surface area contributed by atoms with Gasteiger partial charge in [-0.25, -0.2) is 4.79 Å². The molecule has 0 bridgehead atoms. The van der Waals surface area contributed by atoms with E-state index in [1.807, 2.05) is 24.3 Å². The predicted octanol–water partition coefficient (Wildman–Crippen LogP) is 2.21. The number of nitrogens with zero attached hydrogens (tertiary/aromatic N) is 3. The van der Waals surface area contributed by atoms with Crippen molar-refractivity contribution in [3.05, 3.63) is 34.8 Å². The van der Waals surface area contributed by atoms with Crippen LogP contribution in [0.5, 0.6) is 0 Å². The lowest BCUT2D eigenvalue weighted by Crippen LogP contribution is -2.60. The van der Waals surface area contributed by atoms with Gasteiger partial charge in [-0.1, -0.05) is 12.1 Å². The molecule has 6 heteroatoms. The van der Waals surface area contributed by atoms with Crippen molar-refractivity contribution in [2.45, 2.75) is 56.7 Å². The van der Waals surface area contributed by atoms with E-state index in [0.717, 1.165) is 57.1 Å². The number of hydrogen-bond acceptors (Lipinski definition) is 4. The minimum Gasteiger partial charge on any atom is -0.408 e. The van der Waals surface area contributed by atoms with Gasteiger partial charge >= 0.3 is 5.76 Å². The Labute approximate surface area is 152 Å². The summed E-state index contributed by atoms with van der Waals surface area (Å²) in [6.45, 7) is 3.14. The summed E-state index contributed by atoms with van der Waals surface area (Å²) in [5.74, 6) is 0.0298. The van der Waals surface area contributed by atoms with Crippen molar-refractivity contribution in [2.75, 3.05) is 19.6 Å². The van der Waals surface area contributed by atoms with E-state index in [-0.39, 0.29) is 11.3 Å². The molecule has 2 saturated heterocycles. The van der Waals surface area contributed by atoms with Gasteiger partial charge in [-0.3, -0.25) is 14.3 Å². The van der Waals surface area contributed by atoms with E-state index < -0.39 is 0 Å². The van der Waals surface area contributed by atoms with Crippen molar-refractivity contribution in [1.82, 2.24) is 14.4 Å². The third kappa shape index (κ3) is 2.42. The van der Waals surface area contributed by atoms with Gasteiger partial charge < -0.3 is 9.32 Å². The molecule has 0 radical (unpaired) electrons. The van der Waals surface area contributed by atoms with Gasteiger partial charge in [0, 0.05) is 25.7 Å². The number of hydrogen-bond donors (Lipinski definition) is 0. The van der Waals surface area contributed by atoms with E-state index in [4.69, 9.17) is 4.42 Å². The molecule has 26 heavy (non-hydrogen) atoms. The number of benzene rings is 1. The summed E-state index contributed by atoms with van der Waals surface area (Å²) in [4.78, 5) is 30.0. The second-order valence-electron chi connectivity index (χ2n) is 7.94. The van der Waals surface area contributed by atoms with Gasteiger partial charge in [0.15, 0.2) is 5.58 Å². The SMILES string of the molecule is O=C1N(C2CC2)CCCC12CCCN2CCn1c(=O)oc2ccccc21. The molecule has 3 fully saturated rings. The number of likely N-dealkylation sites (tertiary alicyclic amines) is 2. The number of para-hydroxylation sites is 2. The summed E-state index contributed by atoms with van der Waals surface area (Å²) in [6.07, 6.45) is 6.39. The van der Waals surface area contributed by atoms with Crippen LogP contribution in [0.2, 0.25) is 0 Å². The number of amides is 1. The molecular formula is C20H25N3O3. The lowest BCUT2D eigenvalue weighted by atomic mass is 9.85. The van der Waals surface area contributed by atoms with Crippen LogP contribution in [0, 0.1) is 0 Å². The van der Waals surface area contributed by atoms with Gasteiger partial charge in [0.25, 0.3) is 0 Å². The number of piperidine rings is 1. The van der Waals surface area contributed by atoms with E-state index in [0.29, 0.717) is 30.6 Å². The number of oxazole rings is 1. The Hall–Kier alpha value is -2.08. The fourth-order valence-electron chi connectivity index (χ4n) is 4.98. The van der Waals surface area contributed by atoms with Crippen LogP contribution >= 0.6 is 0 Å². The first-order valence-corrected chi connectivity index (χ1v) is 9.83. The van der Waals surface area contributed by atoms with Gasteiger partial charge in [-0.15, -0.1) is 0 Å². The quantitative estimate of drug-likeness (QED) is 0.844. The molecule has 1 saturated carbocycles. The highest BCUT2D eigenvalue weighted by atomic mass is 16.4. The summed E-state index contributed by atoms with van der Waals surface area (Å²) in [7, 11) is 0. The molecule has 1 unspecified atom stereocenters. The molecule has 2 aromatic rings. The molecule has 138 valence electrons. The van der Waals surface area contributed by atoms with Crippen LogP contribution in [-0.2, 0) is 11.3 Å². The van der Waals surface area contributed by atoms with Crippen molar-refractivity contribution < 1.29 is 9.21 Å². The minimum atomic E-state index is -0.329. The lowest BCUT2D eigenvalue weighted by molar-refractivity contribution is -0.148. The Morgan fingerprint density at radius 1 is 1.04 bits per heavy atom. The van der Waals surface area contributed by atoms with Gasteiger partial charge in [0.05, 0.1) is 5.52 Å². The first-order valence-electron chi connectivity index (χ1n) is 9.83. The zero-order valence-corrected chi connectivity index (χ0v) is 15.0. The molecule has 1 atom stereocenters. The van der Waals surface area contributed by atoms with Crippen LogP contribution in [0.4, 0.5) is 0 Å². The summed E-state index contributed by atoms with van der Waals surface area (Å²) < 4.78 is 7.04. The maximum absolute atomic E-state index is 13.3. The largest absolute Gasteiger partial charge is 0.419 e. The Morgan fingerprint density at radius 2 is 1.81 bits per heavy atom. The van der Waals surface area contributed by atoms with Crippen molar-refractivity contribution in [3.8, 4) is 0 Å². The Kier molecular flexibility index (Phi) is 3.71. The van der Waals surface area contributed by atoms with Crippen molar-refractivity contribution in [2.24, 2.45) is 0 Å². The minimum absolute atomic E-state index is 0.311. The van der Waals surface area contributed by atoms with E-state index >= 15 is 0 Å². The standard InChI is InChI=1S/C20H25N3O3/c24-18-20(10-4-12-22(18)15-7-8-15)9-3-11-21(20)13-14-23-16-5-1-2-6-17(16)26-19(23)25/h1-2,5-6,15H,3-4,7-14H2. The molecule has 3 aliphatic rings. The Bertz CT molecular complexity index is 897. The number of rotatable bonds is 4. The second kappa shape index (κ2) is 5.98. The van der Waals surface area contributed by atoms with Crippen molar-refractivity contribution >= 4 is 17.0 Å². The fourth-order valence-corrected chi connectivity index (χ4v) is 4.98. The molecule has 0 N–H and O–H groups in total. The van der Waals surface area contributed by atoms with Gasteiger partial charge in [0.1, 0.15) is 5.54 Å². The molecule has 5 rings (SSSR count). The molecule has 1 aromatic carbocycles. The summed E-state index contributed by atoms with van der Waals surface area (Å²) in [6, 6.07) is 8.02. The van der Waals surface area contributed by atoms with Crippen LogP contribution in [0.1, 0.15) is 38.5 Å². The average Bonchev–Trinajstić information content (AvgIpc) is 3.33. The van der Waals surface area contributed by atoms with Gasteiger partial charge in [0.2, 0.25) is 5.91 Å². The second-order valence-corrected chi connectivity index (χ2v) is 7.94. The first kappa shape index (κ1) is 16.1. The van der Waals surface area contributed by atoms with Gasteiger partial charge in [-0.05, 0) is 57.2 Å². The van der Waals surface area contributed by atoms with Crippen molar-refractivity contribution in [1.29, 1.82) is 0 Å². The molecule has 1 aliphatic carbocycles. The zero-order chi connectivity index (χ0) is 17.7. The first-order chi connectivity index (χ1) is 12.7. The third-order valence-electron chi connectivity index (χ3n) is 6.43. The molecule has 3 heterocycles. The summed E-state index contributed by atoms with van der Waals surface area (Å²) in [5, 5.41) is 0.